The number of benzene rings is 2. The van der Waals surface area contributed by atoms with Crippen LogP contribution in [0, 0.1) is 6.92 Å². The standard InChI is InChI=1S/C26H22ClN5O3/c1-16-13-28-26(29-21-5-6-23-18(12-21)8-10-35-23)31-24(16)32-9-7-19(14-32)25(34)30-22(15-33)17-3-2-4-20(27)11-17/h2-14,22,33H,15H2,1H3,(H,30,34)(H,28,29,31). The number of anilines is 2. The summed E-state index contributed by atoms with van der Waals surface area (Å²) in [6.45, 7) is 1.65. The molecule has 9 heteroatoms. The molecule has 0 aliphatic heterocycles. The van der Waals surface area contributed by atoms with Gasteiger partial charge in [0.05, 0.1) is 24.5 Å². The Labute approximate surface area is 206 Å². The number of aliphatic hydroxyl groups excluding tert-OH is 1. The summed E-state index contributed by atoms with van der Waals surface area (Å²) in [7, 11) is 0. The summed E-state index contributed by atoms with van der Waals surface area (Å²) in [4.78, 5) is 21.9. The number of furan rings is 1. The number of hydrogen-bond acceptors (Lipinski definition) is 6. The van der Waals surface area contributed by atoms with Crippen molar-refractivity contribution in [2.24, 2.45) is 0 Å². The van der Waals surface area contributed by atoms with Crippen molar-refractivity contribution in [2.75, 3.05) is 11.9 Å². The van der Waals surface area contributed by atoms with E-state index in [9.17, 15) is 9.90 Å². The number of nitrogens with zero attached hydrogens (tertiary/aromatic N) is 3. The Morgan fingerprint density at radius 1 is 1.20 bits per heavy atom. The normalized spacial score (nSPS) is 12.0. The van der Waals surface area contributed by atoms with Crippen LogP contribution in [0.15, 0.2) is 83.9 Å². The van der Waals surface area contributed by atoms with Crippen molar-refractivity contribution >= 4 is 40.1 Å². The minimum Gasteiger partial charge on any atom is -0.464 e. The van der Waals surface area contributed by atoms with E-state index in [2.05, 4.69) is 20.6 Å². The molecule has 176 valence electrons. The van der Waals surface area contributed by atoms with Gasteiger partial charge in [-0.3, -0.25) is 4.79 Å². The van der Waals surface area contributed by atoms with Gasteiger partial charge in [0.25, 0.3) is 5.91 Å². The highest BCUT2D eigenvalue weighted by Gasteiger charge is 2.17. The predicted molar refractivity (Wildman–Crippen MR) is 134 cm³/mol. The Kier molecular flexibility index (Phi) is 6.22. The van der Waals surface area contributed by atoms with Crippen molar-refractivity contribution in [3.63, 3.8) is 0 Å². The number of hydrogen-bond donors (Lipinski definition) is 3. The zero-order chi connectivity index (χ0) is 24.4. The number of amides is 1. The van der Waals surface area contributed by atoms with Crippen LogP contribution in [0.5, 0.6) is 0 Å². The van der Waals surface area contributed by atoms with Gasteiger partial charge >= 0.3 is 0 Å². The number of rotatable bonds is 7. The number of carbonyl (C=O) groups is 1. The van der Waals surface area contributed by atoms with E-state index in [1.807, 2.05) is 31.2 Å². The fourth-order valence-electron chi connectivity index (χ4n) is 3.79. The van der Waals surface area contributed by atoms with E-state index in [4.69, 9.17) is 16.0 Å². The van der Waals surface area contributed by atoms with E-state index in [1.165, 1.54) is 0 Å². The monoisotopic (exact) mass is 487 g/mol. The molecule has 35 heavy (non-hydrogen) atoms. The molecular formula is C26H22ClN5O3. The molecular weight excluding hydrogens is 466 g/mol. The average Bonchev–Trinajstić information content (AvgIpc) is 3.53. The van der Waals surface area contributed by atoms with Crippen molar-refractivity contribution in [3.8, 4) is 5.82 Å². The van der Waals surface area contributed by atoms with Gasteiger partial charge in [0.1, 0.15) is 11.4 Å². The molecule has 0 saturated carbocycles. The molecule has 1 unspecified atom stereocenters. The van der Waals surface area contributed by atoms with E-state index in [1.54, 1.807) is 59.8 Å². The van der Waals surface area contributed by atoms with Crippen molar-refractivity contribution in [1.82, 2.24) is 19.9 Å². The average molecular weight is 488 g/mol. The smallest absolute Gasteiger partial charge is 0.253 e. The minimum absolute atomic E-state index is 0.253. The van der Waals surface area contributed by atoms with E-state index >= 15 is 0 Å². The molecule has 8 nitrogen and oxygen atoms in total. The van der Waals surface area contributed by atoms with Crippen LogP contribution in [0.2, 0.25) is 5.02 Å². The molecule has 0 saturated heterocycles. The molecule has 0 aliphatic rings. The third kappa shape index (κ3) is 4.89. The van der Waals surface area contributed by atoms with Crippen LogP contribution in [0.25, 0.3) is 16.8 Å². The van der Waals surface area contributed by atoms with Crippen LogP contribution in [-0.2, 0) is 0 Å². The summed E-state index contributed by atoms with van der Waals surface area (Å²) in [6.07, 6.45) is 6.82. The van der Waals surface area contributed by atoms with Gasteiger partial charge in [0, 0.05) is 40.3 Å². The SMILES string of the molecule is Cc1cnc(Nc2ccc3occc3c2)nc1-n1ccc(C(=O)NC(CO)c2cccc(Cl)c2)c1. The third-order valence-corrected chi connectivity index (χ3v) is 5.83. The summed E-state index contributed by atoms with van der Waals surface area (Å²) < 4.78 is 7.15. The van der Waals surface area contributed by atoms with Crippen LogP contribution < -0.4 is 10.6 Å². The fourth-order valence-corrected chi connectivity index (χ4v) is 3.99. The number of aryl methyl sites for hydroxylation is 1. The lowest BCUT2D eigenvalue weighted by Gasteiger charge is -2.16. The molecule has 0 aliphatic carbocycles. The van der Waals surface area contributed by atoms with Gasteiger partial charge in [0.15, 0.2) is 0 Å². The molecule has 1 atom stereocenters. The van der Waals surface area contributed by atoms with Crippen molar-refractivity contribution in [1.29, 1.82) is 0 Å². The van der Waals surface area contributed by atoms with Gasteiger partial charge in [-0.25, -0.2) is 4.98 Å². The maximum absolute atomic E-state index is 12.9. The lowest BCUT2D eigenvalue weighted by atomic mass is 10.1. The largest absolute Gasteiger partial charge is 0.464 e. The molecule has 3 heterocycles. The van der Waals surface area contributed by atoms with Crippen LogP contribution in [0.1, 0.15) is 27.5 Å². The summed E-state index contributed by atoms with van der Waals surface area (Å²) in [5.74, 6) is 0.746. The first-order chi connectivity index (χ1) is 17.0. The number of halogens is 1. The van der Waals surface area contributed by atoms with E-state index < -0.39 is 6.04 Å². The number of carbonyl (C=O) groups excluding carboxylic acids is 1. The summed E-state index contributed by atoms with van der Waals surface area (Å²) in [6, 6.07) is 15.8. The van der Waals surface area contributed by atoms with Gasteiger partial charge in [-0.05, 0) is 55.0 Å². The van der Waals surface area contributed by atoms with E-state index in [0.717, 1.165) is 27.8 Å². The fraction of sp³-hybridized carbons (Fsp3) is 0.115. The first-order valence-corrected chi connectivity index (χ1v) is 11.3. The second-order valence-electron chi connectivity index (χ2n) is 8.07. The van der Waals surface area contributed by atoms with Crippen LogP contribution >= 0.6 is 11.6 Å². The Hall–Kier alpha value is -4.14. The Morgan fingerprint density at radius 2 is 2.09 bits per heavy atom. The summed E-state index contributed by atoms with van der Waals surface area (Å²) >= 11 is 6.05. The third-order valence-electron chi connectivity index (χ3n) is 5.59. The van der Waals surface area contributed by atoms with Gasteiger partial charge in [0.2, 0.25) is 5.95 Å². The number of aromatic nitrogens is 3. The first-order valence-electron chi connectivity index (χ1n) is 10.9. The molecule has 2 aromatic carbocycles. The zero-order valence-electron chi connectivity index (χ0n) is 18.8. The highest BCUT2D eigenvalue weighted by molar-refractivity contribution is 6.30. The van der Waals surface area contributed by atoms with Crippen LogP contribution in [0.3, 0.4) is 0 Å². The molecule has 5 aromatic rings. The minimum atomic E-state index is -0.575. The molecule has 1 amide bonds. The number of nitrogens with one attached hydrogen (secondary N) is 2. The summed E-state index contributed by atoms with van der Waals surface area (Å²) in [5, 5.41) is 17.4. The van der Waals surface area contributed by atoms with E-state index in [-0.39, 0.29) is 12.5 Å². The second kappa shape index (κ2) is 9.61. The lowest BCUT2D eigenvalue weighted by molar-refractivity contribution is 0.0916. The lowest BCUT2D eigenvalue weighted by Crippen LogP contribution is -2.30. The zero-order valence-corrected chi connectivity index (χ0v) is 19.5. The highest BCUT2D eigenvalue weighted by atomic mass is 35.5. The van der Waals surface area contributed by atoms with Gasteiger partial charge in [-0.1, -0.05) is 23.7 Å². The molecule has 0 bridgehead atoms. The Bertz CT molecular complexity index is 1510. The first kappa shape index (κ1) is 22.6. The Morgan fingerprint density at radius 3 is 2.91 bits per heavy atom. The van der Waals surface area contributed by atoms with Crippen LogP contribution in [0.4, 0.5) is 11.6 Å². The van der Waals surface area contributed by atoms with Crippen molar-refractivity contribution < 1.29 is 14.3 Å². The Balaban J connectivity index is 1.35. The second-order valence-corrected chi connectivity index (χ2v) is 8.51. The number of fused-ring (bicyclic) bond motifs is 1. The molecule has 0 radical (unpaired) electrons. The maximum Gasteiger partial charge on any atom is 0.253 e. The van der Waals surface area contributed by atoms with E-state index in [0.29, 0.717) is 22.4 Å². The molecule has 3 N–H and O–H groups in total. The molecule has 5 rings (SSSR count). The molecule has 0 spiro atoms. The number of aliphatic hydroxyl groups is 1. The molecule has 3 aromatic heterocycles. The maximum atomic E-state index is 12.9. The van der Waals surface area contributed by atoms with Gasteiger partial charge < -0.3 is 24.7 Å². The van der Waals surface area contributed by atoms with Gasteiger partial charge in [-0.15, -0.1) is 0 Å². The van der Waals surface area contributed by atoms with Gasteiger partial charge in [-0.2, -0.15) is 4.98 Å². The van der Waals surface area contributed by atoms with Crippen molar-refractivity contribution in [3.05, 3.63) is 101 Å². The van der Waals surface area contributed by atoms with Crippen LogP contribution in [-0.4, -0.2) is 32.2 Å². The predicted octanol–water partition coefficient (Wildman–Crippen LogP) is 5.18. The van der Waals surface area contributed by atoms with Crippen molar-refractivity contribution in [2.45, 2.75) is 13.0 Å². The highest BCUT2D eigenvalue weighted by Crippen LogP contribution is 2.23. The topological polar surface area (TPSA) is 105 Å². The summed E-state index contributed by atoms with van der Waals surface area (Å²) in [5.41, 5.74) is 3.64. The molecule has 0 fully saturated rings. The quantitative estimate of drug-likeness (QED) is 0.292.